The Kier molecular flexibility index (Phi) is 5.93. The van der Waals surface area contributed by atoms with Crippen molar-refractivity contribution >= 4 is 11.8 Å². The maximum absolute atomic E-state index is 11.5. The van der Waals surface area contributed by atoms with Gasteiger partial charge in [-0.3, -0.25) is 14.5 Å². The predicted molar refractivity (Wildman–Crippen MR) is 59.1 cm³/mol. The van der Waals surface area contributed by atoms with Crippen LogP contribution in [0.4, 0.5) is 0 Å². The Balaban J connectivity index is 4.29. The van der Waals surface area contributed by atoms with Gasteiger partial charge >= 0.3 is 0 Å². The highest BCUT2D eigenvalue weighted by atomic mass is 16.2. The Morgan fingerprint density at radius 2 is 1.80 bits per heavy atom. The van der Waals surface area contributed by atoms with Crippen LogP contribution < -0.4 is 10.6 Å². The van der Waals surface area contributed by atoms with E-state index in [1.54, 1.807) is 26.0 Å². The number of carbonyl (C=O) groups is 2. The first-order valence-electron chi connectivity index (χ1n) is 5.05. The molecular formula is C10H21N3O2. The molecule has 88 valence electrons. The Morgan fingerprint density at radius 3 is 2.13 bits per heavy atom. The molecule has 2 N–H and O–H groups in total. The van der Waals surface area contributed by atoms with Crippen LogP contribution in [0.3, 0.4) is 0 Å². The number of hydrogen-bond donors (Lipinski definition) is 2. The van der Waals surface area contributed by atoms with E-state index in [4.69, 9.17) is 0 Å². The Labute approximate surface area is 91.2 Å². The third-order valence-corrected chi connectivity index (χ3v) is 1.90. The van der Waals surface area contributed by atoms with E-state index in [0.29, 0.717) is 6.42 Å². The number of hydrogen-bond acceptors (Lipinski definition) is 3. The lowest BCUT2D eigenvalue weighted by molar-refractivity contribution is -0.132. The number of nitrogens with zero attached hydrogens (tertiary/aromatic N) is 1. The average molecular weight is 215 g/mol. The topological polar surface area (TPSA) is 61.4 Å². The molecule has 0 aliphatic heterocycles. The summed E-state index contributed by atoms with van der Waals surface area (Å²) < 4.78 is 0. The minimum Gasteiger partial charge on any atom is -0.356 e. The van der Waals surface area contributed by atoms with Gasteiger partial charge in [0.2, 0.25) is 5.91 Å². The molecule has 2 amide bonds. The Bertz CT molecular complexity index is 227. The second-order valence-corrected chi connectivity index (χ2v) is 4.15. The minimum atomic E-state index is -0.596. The first-order valence-corrected chi connectivity index (χ1v) is 5.05. The lowest BCUT2D eigenvalue weighted by Crippen LogP contribution is -2.53. The Hall–Kier alpha value is -1.10. The number of carbonyl (C=O) groups excluding carboxylic acids is 2. The van der Waals surface area contributed by atoms with Gasteiger partial charge in [0.05, 0.1) is 0 Å². The monoisotopic (exact) mass is 215 g/mol. The fourth-order valence-corrected chi connectivity index (χ4v) is 1.15. The van der Waals surface area contributed by atoms with Gasteiger partial charge in [0.25, 0.3) is 5.91 Å². The Morgan fingerprint density at radius 1 is 1.27 bits per heavy atom. The lowest BCUT2D eigenvalue weighted by atomic mass is 10.1. The summed E-state index contributed by atoms with van der Waals surface area (Å²) in [6.45, 7) is 3.92. The van der Waals surface area contributed by atoms with Crippen LogP contribution >= 0.6 is 0 Å². The van der Waals surface area contributed by atoms with Crippen molar-refractivity contribution in [3.63, 3.8) is 0 Å². The van der Waals surface area contributed by atoms with Crippen LogP contribution in [-0.2, 0) is 9.59 Å². The van der Waals surface area contributed by atoms with E-state index >= 15 is 0 Å². The van der Waals surface area contributed by atoms with E-state index in [9.17, 15) is 9.59 Å². The maximum Gasteiger partial charge on any atom is 0.257 e. The summed E-state index contributed by atoms with van der Waals surface area (Å²) in [6.07, 6.45) is -0.164. The molecule has 1 atom stereocenters. The molecule has 0 aliphatic carbocycles. The van der Waals surface area contributed by atoms with Crippen molar-refractivity contribution in [2.24, 2.45) is 5.92 Å². The van der Waals surface area contributed by atoms with E-state index in [2.05, 4.69) is 10.6 Å². The summed E-state index contributed by atoms with van der Waals surface area (Å²) in [5.41, 5.74) is 0. The van der Waals surface area contributed by atoms with Crippen LogP contribution in [0.1, 0.15) is 20.3 Å². The molecule has 0 saturated heterocycles. The molecule has 5 heteroatoms. The zero-order chi connectivity index (χ0) is 12.0. The van der Waals surface area contributed by atoms with E-state index in [1.807, 2.05) is 13.8 Å². The fraction of sp³-hybridized carbons (Fsp3) is 0.800. The van der Waals surface area contributed by atoms with Gasteiger partial charge in [0, 0.05) is 13.5 Å². The maximum atomic E-state index is 11.5. The lowest BCUT2D eigenvalue weighted by Gasteiger charge is -2.23. The summed E-state index contributed by atoms with van der Waals surface area (Å²) in [4.78, 5) is 24.5. The quantitative estimate of drug-likeness (QED) is 0.623. The summed E-state index contributed by atoms with van der Waals surface area (Å²) in [6, 6.07) is 0. The molecule has 0 fully saturated rings. The molecular weight excluding hydrogens is 194 g/mol. The summed E-state index contributed by atoms with van der Waals surface area (Å²) >= 11 is 0. The molecule has 0 aromatic carbocycles. The predicted octanol–water partition coefficient (Wildman–Crippen LogP) is -0.218. The standard InChI is InChI=1S/C10H21N3O2/c1-7(2)6-8(14)12-9(13(4)5)10(15)11-3/h7,9H,6H2,1-5H3,(H,11,15)(H,12,14). The molecule has 0 bridgehead atoms. The van der Waals surface area contributed by atoms with Gasteiger partial charge in [-0.05, 0) is 20.0 Å². The molecule has 0 aromatic heterocycles. The fourth-order valence-electron chi connectivity index (χ4n) is 1.15. The number of rotatable bonds is 5. The van der Waals surface area contributed by atoms with Crippen molar-refractivity contribution in [3.05, 3.63) is 0 Å². The van der Waals surface area contributed by atoms with Crippen LogP contribution in [0.2, 0.25) is 0 Å². The zero-order valence-corrected chi connectivity index (χ0v) is 10.1. The highest BCUT2D eigenvalue weighted by molar-refractivity contribution is 5.87. The molecule has 1 unspecified atom stereocenters. The van der Waals surface area contributed by atoms with Crippen molar-refractivity contribution < 1.29 is 9.59 Å². The van der Waals surface area contributed by atoms with Gasteiger partial charge in [-0.15, -0.1) is 0 Å². The molecule has 0 saturated carbocycles. The second-order valence-electron chi connectivity index (χ2n) is 4.15. The SMILES string of the molecule is CNC(=O)C(NC(=O)CC(C)C)N(C)C. The first kappa shape index (κ1) is 13.9. The van der Waals surface area contributed by atoms with Crippen molar-refractivity contribution in [1.82, 2.24) is 15.5 Å². The van der Waals surface area contributed by atoms with Gasteiger partial charge in [-0.2, -0.15) is 0 Å². The molecule has 5 nitrogen and oxygen atoms in total. The van der Waals surface area contributed by atoms with Crippen molar-refractivity contribution in [1.29, 1.82) is 0 Å². The van der Waals surface area contributed by atoms with Gasteiger partial charge < -0.3 is 10.6 Å². The van der Waals surface area contributed by atoms with Gasteiger partial charge in [-0.25, -0.2) is 0 Å². The molecule has 0 heterocycles. The van der Waals surface area contributed by atoms with Crippen molar-refractivity contribution in [2.75, 3.05) is 21.1 Å². The molecule has 0 aromatic rings. The smallest absolute Gasteiger partial charge is 0.257 e. The average Bonchev–Trinajstić information content (AvgIpc) is 2.11. The first-order chi connectivity index (χ1) is 6.88. The third kappa shape index (κ3) is 5.37. The largest absolute Gasteiger partial charge is 0.356 e. The van der Waals surface area contributed by atoms with Gasteiger partial charge in [0.15, 0.2) is 6.17 Å². The molecule has 0 aliphatic rings. The van der Waals surface area contributed by atoms with Crippen molar-refractivity contribution in [3.8, 4) is 0 Å². The third-order valence-electron chi connectivity index (χ3n) is 1.90. The zero-order valence-electron chi connectivity index (χ0n) is 10.1. The highest BCUT2D eigenvalue weighted by Crippen LogP contribution is 1.99. The highest BCUT2D eigenvalue weighted by Gasteiger charge is 2.21. The van der Waals surface area contributed by atoms with E-state index in [1.165, 1.54) is 0 Å². The van der Waals surface area contributed by atoms with Crippen LogP contribution in [0, 0.1) is 5.92 Å². The molecule has 15 heavy (non-hydrogen) atoms. The number of likely N-dealkylation sites (N-methyl/N-ethyl adjacent to an activating group) is 2. The molecule has 0 rings (SSSR count). The molecule has 0 radical (unpaired) electrons. The second kappa shape index (κ2) is 6.40. The normalized spacial score (nSPS) is 12.7. The molecule has 0 spiro atoms. The van der Waals surface area contributed by atoms with Gasteiger partial charge in [0.1, 0.15) is 0 Å². The van der Waals surface area contributed by atoms with Gasteiger partial charge in [-0.1, -0.05) is 13.8 Å². The van der Waals surface area contributed by atoms with E-state index in [-0.39, 0.29) is 17.7 Å². The summed E-state index contributed by atoms with van der Waals surface area (Å²) in [5, 5.41) is 5.18. The van der Waals surface area contributed by atoms with Crippen LogP contribution in [0.25, 0.3) is 0 Å². The van der Waals surface area contributed by atoms with E-state index < -0.39 is 6.17 Å². The number of nitrogens with one attached hydrogen (secondary N) is 2. The van der Waals surface area contributed by atoms with Crippen LogP contribution in [0.5, 0.6) is 0 Å². The summed E-state index contributed by atoms with van der Waals surface area (Å²) in [7, 11) is 5.04. The number of amides is 2. The van der Waals surface area contributed by atoms with Crippen LogP contribution in [-0.4, -0.2) is 44.0 Å². The van der Waals surface area contributed by atoms with Crippen molar-refractivity contribution in [2.45, 2.75) is 26.4 Å². The van der Waals surface area contributed by atoms with Crippen LogP contribution in [0.15, 0.2) is 0 Å². The minimum absolute atomic E-state index is 0.104. The van der Waals surface area contributed by atoms with E-state index in [0.717, 1.165) is 0 Å². The summed E-state index contributed by atoms with van der Waals surface area (Å²) in [5.74, 6) is -0.0260.